The molecule has 5 aromatic rings. The molecule has 3 saturated heterocycles. The number of piperidine rings is 1. The van der Waals surface area contributed by atoms with Crippen LogP contribution in [0.15, 0.2) is 74.8 Å². The highest BCUT2D eigenvalue weighted by molar-refractivity contribution is 7.99. The molecule has 2 aromatic carbocycles. The Kier molecular flexibility index (Phi) is 15.6. The summed E-state index contributed by atoms with van der Waals surface area (Å²) in [6, 6.07) is 12.9. The fraction of sp³-hybridized carbons (Fsp3) is 0.519. The van der Waals surface area contributed by atoms with Gasteiger partial charge in [-0.1, -0.05) is 67.5 Å². The number of benzene rings is 2. The van der Waals surface area contributed by atoms with Crippen LogP contribution in [0.25, 0.3) is 10.4 Å². The third kappa shape index (κ3) is 11.5. The Morgan fingerprint density at radius 2 is 1.80 bits per heavy atom. The van der Waals surface area contributed by atoms with E-state index in [2.05, 4.69) is 32.6 Å². The Hall–Kier alpha value is -5.27. The number of aromatic nitrogens is 4. The van der Waals surface area contributed by atoms with E-state index in [0.29, 0.717) is 67.5 Å². The number of halogens is 1. The molecule has 1 aliphatic carbocycles. The molecule has 0 radical (unpaired) electrons. The summed E-state index contributed by atoms with van der Waals surface area (Å²) in [4.78, 5) is 63.2. The first-order chi connectivity index (χ1) is 34.1. The van der Waals surface area contributed by atoms with Gasteiger partial charge in [-0.2, -0.15) is 0 Å². The third-order valence-corrected chi connectivity index (χ3v) is 17.2. The third-order valence-electron chi connectivity index (χ3n) is 14.7. The number of nitrogens with zero attached hydrogens (tertiary/aromatic N) is 7. The zero-order valence-electron chi connectivity index (χ0n) is 41.1. The molecular weight excluding hydrogens is 960 g/mol. The van der Waals surface area contributed by atoms with E-state index in [-0.39, 0.29) is 66.6 Å². The fourth-order valence-corrected chi connectivity index (χ4v) is 12.1. The molecule has 71 heavy (non-hydrogen) atoms. The number of carbonyl (C=O) groups excluding carboxylic acids is 3. The number of aliphatic hydroxyl groups is 1. The molecule has 16 nitrogen and oxygen atoms in total. The van der Waals surface area contributed by atoms with E-state index >= 15 is 0 Å². The van der Waals surface area contributed by atoms with Crippen molar-refractivity contribution in [2.75, 3.05) is 49.5 Å². The number of aryl methyl sites for hydroxylation is 2. The average Bonchev–Trinajstić information content (AvgIpc) is 4.10. The minimum atomic E-state index is -0.852. The monoisotopic (exact) mass is 1020 g/mol. The second-order valence-electron chi connectivity index (χ2n) is 20.4. The van der Waals surface area contributed by atoms with Crippen molar-refractivity contribution in [1.82, 2.24) is 35.2 Å². The van der Waals surface area contributed by atoms with Crippen LogP contribution in [0.4, 0.5) is 11.5 Å². The number of nitrogens with two attached hydrogens (primary N) is 1. The van der Waals surface area contributed by atoms with Crippen molar-refractivity contribution in [3.63, 3.8) is 0 Å². The van der Waals surface area contributed by atoms with Gasteiger partial charge in [0, 0.05) is 68.1 Å². The normalized spacial score (nSPS) is 21.8. The summed E-state index contributed by atoms with van der Waals surface area (Å²) in [7, 11) is 0. The quantitative estimate of drug-likeness (QED) is 0.0743. The van der Waals surface area contributed by atoms with Crippen molar-refractivity contribution < 1.29 is 28.8 Å². The number of ether oxygens (including phenoxy) is 1. The van der Waals surface area contributed by atoms with E-state index in [1.54, 1.807) is 30.5 Å². The minimum Gasteiger partial charge on any atom is -0.490 e. The van der Waals surface area contributed by atoms with Crippen LogP contribution >= 0.6 is 34.7 Å². The molecule has 3 atom stereocenters. The number of β-amino-alcohol motifs (C(OH)–C–C–N with tert-alkyl or cyclic N) is 1. The Morgan fingerprint density at radius 1 is 1.03 bits per heavy atom. The molecule has 4 aliphatic rings. The second kappa shape index (κ2) is 21.8. The average molecular weight is 1030 g/mol. The summed E-state index contributed by atoms with van der Waals surface area (Å²) < 4.78 is 12.3. The van der Waals surface area contributed by atoms with Gasteiger partial charge in [-0.05, 0) is 94.0 Å². The van der Waals surface area contributed by atoms with Crippen molar-refractivity contribution >= 4 is 63.9 Å². The van der Waals surface area contributed by atoms with Crippen LogP contribution < -0.4 is 26.0 Å². The van der Waals surface area contributed by atoms with Gasteiger partial charge in [-0.3, -0.25) is 14.4 Å². The van der Waals surface area contributed by atoms with Gasteiger partial charge in [0.05, 0.1) is 63.1 Å². The van der Waals surface area contributed by atoms with Gasteiger partial charge in [-0.25, -0.2) is 15.0 Å². The molecular formula is C52H65ClN10O6S2. The number of hydrogen-bond donors (Lipinski definition) is 4. The lowest BCUT2D eigenvalue weighted by molar-refractivity contribution is -0.141. The van der Waals surface area contributed by atoms with E-state index in [1.807, 2.05) is 73.8 Å². The second-order valence-corrected chi connectivity index (χ2v) is 22.7. The molecule has 3 aromatic heterocycles. The first-order valence-electron chi connectivity index (χ1n) is 24.8. The van der Waals surface area contributed by atoms with Crippen molar-refractivity contribution in [2.45, 2.75) is 126 Å². The molecule has 1 saturated carbocycles. The van der Waals surface area contributed by atoms with E-state index < -0.39 is 18.1 Å². The number of aliphatic hydroxyl groups excluding tert-OH is 1. The highest BCUT2D eigenvalue weighted by Crippen LogP contribution is 2.40. The smallest absolute Gasteiger partial charge is 0.243 e. The Morgan fingerprint density at radius 3 is 2.46 bits per heavy atom. The predicted molar refractivity (Wildman–Crippen MR) is 276 cm³/mol. The molecule has 5 N–H and O–H groups in total. The summed E-state index contributed by atoms with van der Waals surface area (Å²) >= 11 is 9.98. The highest BCUT2D eigenvalue weighted by Gasteiger charge is 2.43. The van der Waals surface area contributed by atoms with Gasteiger partial charge >= 0.3 is 0 Å². The van der Waals surface area contributed by atoms with Crippen LogP contribution in [0.3, 0.4) is 0 Å². The van der Waals surface area contributed by atoms with Gasteiger partial charge in [0.2, 0.25) is 17.7 Å². The lowest BCUT2D eigenvalue weighted by Crippen LogP contribution is -2.58. The van der Waals surface area contributed by atoms with Crippen LogP contribution in [0.2, 0.25) is 5.02 Å². The van der Waals surface area contributed by atoms with E-state index in [4.69, 9.17) is 36.6 Å². The summed E-state index contributed by atoms with van der Waals surface area (Å²) in [5, 5.41) is 22.7. The Bertz CT molecular complexity index is 2680. The molecule has 378 valence electrons. The standard InChI is InChI=1S/C52H65ClN10O6S2/c1-30(2)46(42-19-31(3)60-69-42)51(67)63-27-37(64)21-40(63)49(65)57-22-35-10-9-34(48-32(4)58-29-70-48)20-41(35)68-38-13-11-33(12-14-38)50(66)62-25-36(26-62)59-39-7-6-8-43(47(39)53)71-45-24-55-44(23-56-45)61-17-15-52(5,28-54)16-18-61/h6-10,19-20,23-24,29-30,33,36-38,40,46,59,64H,11-18,21-22,25-28,54H2,1-5H3,(H,57,65)/t33?,37-,38?,40+,46?/m1/s1. The van der Waals surface area contributed by atoms with Gasteiger partial charge in [0.25, 0.3) is 0 Å². The number of likely N-dealkylation sites (tertiary alicyclic amines) is 2. The van der Waals surface area contributed by atoms with Crippen molar-refractivity contribution in [1.29, 1.82) is 0 Å². The van der Waals surface area contributed by atoms with Crippen molar-refractivity contribution in [2.24, 2.45) is 23.0 Å². The van der Waals surface area contributed by atoms with E-state index in [1.165, 1.54) is 16.7 Å². The van der Waals surface area contributed by atoms with Gasteiger partial charge in [-0.15, -0.1) is 11.3 Å². The molecule has 0 spiro atoms. The summed E-state index contributed by atoms with van der Waals surface area (Å²) in [5.74, 6) is 0.654. The number of amides is 3. The molecule has 4 fully saturated rings. The number of hydrogen-bond acceptors (Lipinski definition) is 15. The molecule has 1 unspecified atom stereocenters. The number of carbonyl (C=O) groups is 3. The number of nitrogens with one attached hydrogen (secondary N) is 2. The van der Waals surface area contributed by atoms with Crippen molar-refractivity contribution in [3.05, 3.63) is 88.1 Å². The maximum absolute atomic E-state index is 14.0. The Labute approximate surface area is 428 Å². The summed E-state index contributed by atoms with van der Waals surface area (Å²) in [5.41, 5.74) is 12.2. The van der Waals surface area contributed by atoms with Crippen LogP contribution in [-0.4, -0.2) is 116 Å². The fourth-order valence-electron chi connectivity index (χ4n) is 10.2. The SMILES string of the molecule is Cc1cc(C(C(=O)N2C[C@H](O)C[C@H]2C(=O)NCc2ccc(-c3scnc3C)cc2OC2CCC(C(=O)N3CC(Nc4cccc(Sc5cnc(N6CCC(C)(CN)CC6)cn5)c4Cl)C3)CC2)C(C)C)on1. The molecule has 6 heterocycles. The molecule has 3 aliphatic heterocycles. The van der Waals surface area contributed by atoms with Crippen molar-refractivity contribution in [3.8, 4) is 16.2 Å². The van der Waals surface area contributed by atoms with Gasteiger partial charge < -0.3 is 45.4 Å². The zero-order chi connectivity index (χ0) is 50.0. The maximum Gasteiger partial charge on any atom is 0.243 e. The molecule has 3 amide bonds. The molecule has 9 rings (SSSR count). The first kappa shape index (κ1) is 50.7. The van der Waals surface area contributed by atoms with Crippen LogP contribution in [-0.2, 0) is 20.9 Å². The van der Waals surface area contributed by atoms with E-state index in [9.17, 15) is 19.5 Å². The number of rotatable bonds is 16. The maximum atomic E-state index is 14.0. The molecule has 19 heteroatoms. The number of anilines is 2. The zero-order valence-corrected chi connectivity index (χ0v) is 43.5. The highest BCUT2D eigenvalue weighted by atomic mass is 35.5. The summed E-state index contributed by atoms with van der Waals surface area (Å²) in [6.07, 6.45) is 7.72. The Balaban J connectivity index is 0.774. The minimum absolute atomic E-state index is 0.0524. The molecule has 0 bridgehead atoms. The van der Waals surface area contributed by atoms with Gasteiger partial charge in [0.1, 0.15) is 34.3 Å². The number of thiazole rings is 1. The van der Waals surface area contributed by atoms with Crippen LogP contribution in [0.5, 0.6) is 5.75 Å². The van der Waals surface area contributed by atoms with Gasteiger partial charge in [0.15, 0.2) is 0 Å². The van der Waals surface area contributed by atoms with E-state index in [0.717, 1.165) is 69.1 Å². The largest absolute Gasteiger partial charge is 0.490 e. The topological polar surface area (TPSA) is 205 Å². The lowest BCUT2D eigenvalue weighted by atomic mass is 9.80. The van der Waals surface area contributed by atoms with Crippen LogP contribution in [0, 0.1) is 31.1 Å². The predicted octanol–water partition coefficient (Wildman–Crippen LogP) is 7.85. The van der Waals surface area contributed by atoms with Crippen LogP contribution in [0.1, 0.15) is 94.3 Å². The lowest BCUT2D eigenvalue weighted by Gasteiger charge is -2.43. The summed E-state index contributed by atoms with van der Waals surface area (Å²) in [6.45, 7) is 13.8. The first-order valence-corrected chi connectivity index (χ1v) is 26.9.